The Balaban J connectivity index is 2.86. The van der Waals surface area contributed by atoms with E-state index in [1.54, 1.807) is 34.9 Å². The average Bonchev–Trinajstić information content (AvgIpc) is 2.87. The summed E-state index contributed by atoms with van der Waals surface area (Å²) >= 11 is 0. The monoisotopic (exact) mass is 480 g/mol. The van der Waals surface area contributed by atoms with E-state index < -0.39 is 28.8 Å². The number of nitrogens with zero attached hydrogens (tertiary/aromatic N) is 2. The maximum atomic E-state index is 13.2. The third kappa shape index (κ3) is 7.03. The molecule has 0 aromatic carbocycles. The van der Waals surface area contributed by atoms with Crippen LogP contribution in [0.15, 0.2) is 0 Å². The zero-order chi connectivity index (χ0) is 26.6. The Kier molecular flexibility index (Phi) is 9.85. The lowest BCUT2D eigenvalue weighted by molar-refractivity contribution is -0.135. The van der Waals surface area contributed by atoms with E-state index in [0.29, 0.717) is 12.8 Å². The summed E-state index contributed by atoms with van der Waals surface area (Å²) in [5.74, 6) is -1.82. The standard InChI is InChI=1S/C25H44N4O5/c1-15(2)13-18(19(30)14-17(21(32)26-9)24(4,5)6)27-20(31)16(3)11-12-29-22(33)25(7,8)28(10)23(29)34/h15-18H,11-14H2,1-10H3,(H,26,32)(H,27,31)/t16-,17+,18-/m1/s1. The number of ketones is 1. The molecule has 2 N–H and O–H groups in total. The fraction of sp³-hybridized carbons (Fsp3) is 0.800. The topological polar surface area (TPSA) is 116 Å². The van der Waals surface area contributed by atoms with Crippen molar-refractivity contribution in [2.45, 2.75) is 86.2 Å². The van der Waals surface area contributed by atoms with Gasteiger partial charge < -0.3 is 15.5 Å². The Morgan fingerprint density at radius 1 is 1.03 bits per heavy atom. The van der Waals surface area contributed by atoms with E-state index in [-0.39, 0.29) is 48.4 Å². The number of amides is 5. The zero-order valence-electron chi connectivity index (χ0n) is 22.6. The van der Waals surface area contributed by atoms with Gasteiger partial charge in [0.15, 0.2) is 5.78 Å². The summed E-state index contributed by atoms with van der Waals surface area (Å²) < 4.78 is 0. The second kappa shape index (κ2) is 11.3. The lowest BCUT2D eigenvalue weighted by Gasteiger charge is -2.30. The van der Waals surface area contributed by atoms with E-state index in [2.05, 4.69) is 10.6 Å². The van der Waals surface area contributed by atoms with Gasteiger partial charge in [0.2, 0.25) is 11.8 Å². The predicted octanol–water partition coefficient (Wildman–Crippen LogP) is 2.58. The SMILES string of the molecule is CNC(=O)[C@H](CC(=O)[C@@H](CC(C)C)NC(=O)[C@H](C)CCN1C(=O)N(C)C(C)(C)C1=O)C(C)(C)C. The van der Waals surface area contributed by atoms with Gasteiger partial charge in [-0.05, 0) is 38.0 Å². The van der Waals surface area contributed by atoms with Crippen LogP contribution in [-0.2, 0) is 19.2 Å². The minimum absolute atomic E-state index is 0.0351. The van der Waals surface area contributed by atoms with Gasteiger partial charge in [-0.15, -0.1) is 0 Å². The van der Waals surface area contributed by atoms with E-state index >= 15 is 0 Å². The van der Waals surface area contributed by atoms with Crippen LogP contribution in [0.1, 0.15) is 74.7 Å². The van der Waals surface area contributed by atoms with Crippen LogP contribution < -0.4 is 10.6 Å². The maximum absolute atomic E-state index is 13.2. The van der Waals surface area contributed by atoms with Crippen molar-refractivity contribution in [3.63, 3.8) is 0 Å². The lowest BCUT2D eigenvalue weighted by atomic mass is 9.76. The number of urea groups is 1. The predicted molar refractivity (Wildman–Crippen MR) is 131 cm³/mol. The third-order valence-corrected chi connectivity index (χ3v) is 6.78. The van der Waals surface area contributed by atoms with Gasteiger partial charge in [-0.1, -0.05) is 41.5 Å². The normalized spacial score (nSPS) is 18.7. The van der Waals surface area contributed by atoms with Crippen LogP contribution in [0.3, 0.4) is 0 Å². The summed E-state index contributed by atoms with van der Waals surface area (Å²) in [5, 5.41) is 5.50. The molecule has 3 atom stereocenters. The largest absolute Gasteiger partial charge is 0.359 e. The van der Waals surface area contributed by atoms with Gasteiger partial charge in [-0.2, -0.15) is 0 Å². The fourth-order valence-electron chi connectivity index (χ4n) is 4.00. The Labute approximate surface area is 204 Å². The molecule has 1 rings (SSSR count). The molecule has 5 amide bonds. The van der Waals surface area contributed by atoms with E-state index in [4.69, 9.17) is 0 Å². The third-order valence-electron chi connectivity index (χ3n) is 6.78. The van der Waals surface area contributed by atoms with Gasteiger partial charge in [0, 0.05) is 38.9 Å². The summed E-state index contributed by atoms with van der Waals surface area (Å²) in [6.45, 7) is 14.9. The molecule has 1 heterocycles. The van der Waals surface area contributed by atoms with Crippen molar-refractivity contribution in [1.82, 2.24) is 20.4 Å². The molecule has 34 heavy (non-hydrogen) atoms. The van der Waals surface area contributed by atoms with Crippen molar-refractivity contribution in [2.75, 3.05) is 20.6 Å². The molecule has 9 nitrogen and oxygen atoms in total. The first-order valence-corrected chi connectivity index (χ1v) is 12.1. The average molecular weight is 481 g/mol. The molecule has 0 aliphatic carbocycles. The van der Waals surface area contributed by atoms with Gasteiger partial charge in [0.05, 0.1) is 6.04 Å². The number of carbonyl (C=O) groups is 5. The minimum atomic E-state index is -0.911. The first-order chi connectivity index (χ1) is 15.4. The van der Waals surface area contributed by atoms with Gasteiger partial charge in [-0.3, -0.25) is 24.1 Å². The second-order valence-corrected chi connectivity index (χ2v) is 11.4. The molecule has 1 aliphatic rings. The number of rotatable bonds is 11. The summed E-state index contributed by atoms with van der Waals surface area (Å²) in [6.07, 6.45) is 0.788. The quantitative estimate of drug-likeness (QED) is 0.441. The first kappa shape index (κ1) is 29.6. The highest BCUT2D eigenvalue weighted by atomic mass is 16.2. The Bertz CT molecular complexity index is 800. The summed E-state index contributed by atoms with van der Waals surface area (Å²) in [6, 6.07) is -1.08. The molecule has 0 spiro atoms. The molecule has 0 aromatic rings. The molecule has 1 saturated heterocycles. The van der Waals surface area contributed by atoms with Gasteiger partial charge >= 0.3 is 6.03 Å². The van der Waals surface area contributed by atoms with Crippen molar-refractivity contribution >= 4 is 29.5 Å². The van der Waals surface area contributed by atoms with E-state index in [1.165, 1.54) is 9.80 Å². The van der Waals surface area contributed by atoms with Crippen LogP contribution in [0.25, 0.3) is 0 Å². The van der Waals surface area contributed by atoms with Crippen LogP contribution in [-0.4, -0.2) is 71.6 Å². The molecular formula is C25H44N4O5. The maximum Gasteiger partial charge on any atom is 0.327 e. The number of Topliss-reactive ketones (excluding diaryl/α,β-unsaturated/α-hetero) is 1. The fourth-order valence-corrected chi connectivity index (χ4v) is 4.00. The second-order valence-electron chi connectivity index (χ2n) is 11.4. The molecule has 1 fully saturated rings. The first-order valence-electron chi connectivity index (χ1n) is 12.1. The van der Waals surface area contributed by atoms with Crippen molar-refractivity contribution in [2.24, 2.45) is 23.2 Å². The van der Waals surface area contributed by atoms with Crippen LogP contribution in [0.2, 0.25) is 0 Å². The van der Waals surface area contributed by atoms with E-state index in [0.717, 1.165) is 0 Å². The molecule has 194 valence electrons. The number of likely N-dealkylation sites (N-methyl/N-ethyl adjacent to an activating group) is 1. The Morgan fingerprint density at radius 3 is 2.00 bits per heavy atom. The van der Waals surface area contributed by atoms with Crippen LogP contribution in [0, 0.1) is 23.2 Å². The summed E-state index contributed by atoms with van der Waals surface area (Å²) in [5.41, 5.74) is -1.32. The van der Waals surface area contributed by atoms with Crippen LogP contribution in [0.5, 0.6) is 0 Å². The van der Waals surface area contributed by atoms with E-state index in [9.17, 15) is 24.0 Å². The molecule has 0 radical (unpaired) electrons. The minimum Gasteiger partial charge on any atom is -0.359 e. The van der Waals surface area contributed by atoms with Crippen molar-refractivity contribution in [1.29, 1.82) is 0 Å². The Morgan fingerprint density at radius 2 is 1.59 bits per heavy atom. The summed E-state index contributed by atoms with van der Waals surface area (Å²) in [7, 11) is 3.14. The van der Waals surface area contributed by atoms with Crippen molar-refractivity contribution < 1.29 is 24.0 Å². The summed E-state index contributed by atoms with van der Waals surface area (Å²) in [4.78, 5) is 66.1. The van der Waals surface area contributed by atoms with Crippen molar-refractivity contribution in [3.05, 3.63) is 0 Å². The number of hydrogen-bond acceptors (Lipinski definition) is 5. The van der Waals surface area contributed by atoms with E-state index in [1.807, 2.05) is 34.6 Å². The highest BCUT2D eigenvalue weighted by molar-refractivity contribution is 6.06. The smallest absolute Gasteiger partial charge is 0.327 e. The molecule has 0 saturated carbocycles. The highest BCUT2D eigenvalue weighted by Crippen LogP contribution is 2.30. The number of carbonyl (C=O) groups excluding carboxylic acids is 5. The van der Waals surface area contributed by atoms with Crippen molar-refractivity contribution in [3.8, 4) is 0 Å². The number of imide groups is 1. The zero-order valence-corrected chi connectivity index (χ0v) is 22.6. The number of hydrogen-bond donors (Lipinski definition) is 2. The molecule has 9 heteroatoms. The Hall–Kier alpha value is -2.45. The van der Waals surface area contributed by atoms with Gasteiger partial charge in [0.25, 0.3) is 5.91 Å². The van der Waals surface area contributed by atoms with Gasteiger partial charge in [-0.25, -0.2) is 4.79 Å². The van der Waals surface area contributed by atoms with Crippen LogP contribution in [0.4, 0.5) is 4.79 Å². The molecule has 0 aromatic heterocycles. The molecular weight excluding hydrogens is 436 g/mol. The molecule has 1 aliphatic heterocycles. The number of nitrogens with one attached hydrogen (secondary N) is 2. The highest BCUT2D eigenvalue weighted by Gasteiger charge is 2.49. The lowest BCUT2D eigenvalue weighted by Crippen LogP contribution is -2.47. The molecule has 0 bridgehead atoms. The van der Waals surface area contributed by atoms with Gasteiger partial charge in [0.1, 0.15) is 5.54 Å². The van der Waals surface area contributed by atoms with Crippen LogP contribution >= 0.6 is 0 Å². The molecule has 0 unspecified atom stereocenters.